The predicted molar refractivity (Wildman–Crippen MR) is 73.6 cm³/mol. The highest BCUT2D eigenvalue weighted by Crippen LogP contribution is 2.24. The average molecular weight is 251 g/mol. The van der Waals surface area contributed by atoms with Crippen molar-refractivity contribution in [2.45, 2.75) is 39.5 Å². The molecule has 0 radical (unpaired) electrons. The number of benzene rings is 1. The fourth-order valence-electron chi connectivity index (χ4n) is 1.51. The molecule has 0 unspecified atom stereocenters. The van der Waals surface area contributed by atoms with Crippen molar-refractivity contribution in [2.24, 2.45) is 0 Å². The Morgan fingerprint density at radius 3 is 2.76 bits per heavy atom. The lowest BCUT2D eigenvalue weighted by atomic mass is 10.1. The molecule has 0 fully saturated rings. The number of hydrogen-bond donors (Lipinski definition) is 0. The highest BCUT2D eigenvalue weighted by Gasteiger charge is 2.03. The third-order valence-electron chi connectivity index (χ3n) is 2.31. The second-order valence-corrected chi connectivity index (χ2v) is 4.24. The smallest absolute Gasteiger partial charge is 0.122 e. The van der Waals surface area contributed by atoms with Crippen LogP contribution in [0.15, 0.2) is 18.2 Å². The summed E-state index contributed by atoms with van der Waals surface area (Å²) in [5, 5.41) is 0.757. The van der Waals surface area contributed by atoms with E-state index in [0.29, 0.717) is 0 Å². The van der Waals surface area contributed by atoms with Gasteiger partial charge in [-0.3, -0.25) is 0 Å². The molecule has 0 aromatic heterocycles. The van der Waals surface area contributed by atoms with Gasteiger partial charge in [-0.1, -0.05) is 25.4 Å². The normalized spacial score (nSPS) is 9.59. The maximum absolute atomic E-state index is 6.00. The minimum absolute atomic E-state index is 0.745. The van der Waals surface area contributed by atoms with Crippen LogP contribution in [0.4, 0.5) is 0 Å². The molecule has 17 heavy (non-hydrogen) atoms. The molecule has 1 aromatic rings. The van der Waals surface area contributed by atoms with Crippen molar-refractivity contribution in [3.05, 3.63) is 28.8 Å². The van der Waals surface area contributed by atoms with Gasteiger partial charge in [0.25, 0.3) is 0 Å². The summed E-state index contributed by atoms with van der Waals surface area (Å²) in [7, 11) is 0. The maximum Gasteiger partial charge on any atom is 0.122 e. The molecule has 1 rings (SSSR count). The van der Waals surface area contributed by atoms with E-state index in [1.807, 2.05) is 18.2 Å². The molecule has 0 N–H and O–H groups in total. The van der Waals surface area contributed by atoms with E-state index in [9.17, 15) is 0 Å². The van der Waals surface area contributed by atoms with E-state index in [2.05, 4.69) is 25.7 Å². The Bertz CT molecular complexity index is 401. The standard InChI is InChI=1S/C15H19ClO/c1-3-5-6-7-8-13-12-14(16)9-10-15(13)17-11-4-2/h9-10,12H,3-4,7-8,11H2,1-2H3. The van der Waals surface area contributed by atoms with Gasteiger partial charge < -0.3 is 4.74 Å². The van der Waals surface area contributed by atoms with Crippen LogP contribution in [0.1, 0.15) is 38.7 Å². The summed E-state index contributed by atoms with van der Waals surface area (Å²) in [4.78, 5) is 0. The first-order valence-electron chi connectivity index (χ1n) is 6.14. The van der Waals surface area contributed by atoms with Gasteiger partial charge in [-0.05, 0) is 36.6 Å². The van der Waals surface area contributed by atoms with Crippen molar-refractivity contribution >= 4 is 11.6 Å². The minimum atomic E-state index is 0.745. The Morgan fingerprint density at radius 2 is 2.06 bits per heavy atom. The third kappa shape index (κ3) is 5.15. The van der Waals surface area contributed by atoms with Gasteiger partial charge in [0, 0.05) is 17.9 Å². The summed E-state index contributed by atoms with van der Waals surface area (Å²) >= 11 is 6.00. The quantitative estimate of drug-likeness (QED) is 0.701. The first-order chi connectivity index (χ1) is 8.27. The molecule has 0 amide bonds. The molecule has 92 valence electrons. The molecule has 2 heteroatoms. The Kier molecular flexibility index (Phi) is 6.58. The van der Waals surface area contributed by atoms with Crippen molar-refractivity contribution in [3.63, 3.8) is 0 Å². The Morgan fingerprint density at radius 1 is 1.24 bits per heavy atom. The van der Waals surface area contributed by atoms with Gasteiger partial charge in [0.2, 0.25) is 0 Å². The van der Waals surface area contributed by atoms with Gasteiger partial charge in [-0.15, -0.1) is 11.8 Å². The fourth-order valence-corrected chi connectivity index (χ4v) is 1.70. The van der Waals surface area contributed by atoms with Crippen molar-refractivity contribution < 1.29 is 4.74 Å². The summed E-state index contributed by atoms with van der Waals surface area (Å²) in [6, 6.07) is 5.79. The summed E-state index contributed by atoms with van der Waals surface area (Å²) < 4.78 is 5.69. The number of halogens is 1. The lowest BCUT2D eigenvalue weighted by Gasteiger charge is -2.10. The number of hydrogen-bond acceptors (Lipinski definition) is 1. The average Bonchev–Trinajstić information content (AvgIpc) is 2.33. The highest BCUT2D eigenvalue weighted by molar-refractivity contribution is 6.30. The maximum atomic E-state index is 6.00. The zero-order valence-electron chi connectivity index (χ0n) is 10.6. The van der Waals surface area contributed by atoms with E-state index in [1.54, 1.807) is 0 Å². The van der Waals surface area contributed by atoms with Crippen LogP contribution < -0.4 is 4.74 Å². The number of ether oxygens (including phenoxy) is 1. The Balaban J connectivity index is 2.69. The van der Waals surface area contributed by atoms with Crippen LogP contribution in [0, 0.1) is 11.8 Å². The molecule has 0 saturated heterocycles. The van der Waals surface area contributed by atoms with Gasteiger partial charge in [0.1, 0.15) is 5.75 Å². The van der Waals surface area contributed by atoms with Crippen LogP contribution in [0.25, 0.3) is 0 Å². The summed E-state index contributed by atoms with van der Waals surface area (Å²) in [5.41, 5.74) is 1.15. The van der Waals surface area contributed by atoms with Crippen molar-refractivity contribution in [3.8, 4) is 17.6 Å². The van der Waals surface area contributed by atoms with Crippen molar-refractivity contribution in [2.75, 3.05) is 6.61 Å². The van der Waals surface area contributed by atoms with E-state index >= 15 is 0 Å². The lowest BCUT2D eigenvalue weighted by Crippen LogP contribution is -1.99. The second-order valence-electron chi connectivity index (χ2n) is 3.81. The summed E-state index contributed by atoms with van der Waals surface area (Å²) in [6.07, 6.45) is 3.68. The van der Waals surface area contributed by atoms with E-state index in [1.165, 1.54) is 0 Å². The second kappa shape index (κ2) is 8.03. The molecule has 0 bridgehead atoms. The molecule has 0 spiro atoms. The first kappa shape index (κ1) is 13.9. The minimum Gasteiger partial charge on any atom is -0.493 e. The number of rotatable bonds is 5. The van der Waals surface area contributed by atoms with Crippen LogP contribution in [-0.4, -0.2) is 6.61 Å². The molecule has 0 saturated carbocycles. The van der Waals surface area contributed by atoms with Gasteiger partial charge in [0.05, 0.1) is 6.61 Å². The van der Waals surface area contributed by atoms with E-state index in [4.69, 9.17) is 16.3 Å². The van der Waals surface area contributed by atoms with E-state index < -0.39 is 0 Å². The number of aryl methyl sites for hydroxylation is 1. The third-order valence-corrected chi connectivity index (χ3v) is 2.54. The van der Waals surface area contributed by atoms with Crippen LogP contribution in [0.2, 0.25) is 5.02 Å². The van der Waals surface area contributed by atoms with Crippen LogP contribution in [0.3, 0.4) is 0 Å². The molecule has 0 aliphatic heterocycles. The highest BCUT2D eigenvalue weighted by atomic mass is 35.5. The summed E-state index contributed by atoms with van der Waals surface area (Å²) in [5.74, 6) is 7.15. The van der Waals surface area contributed by atoms with Gasteiger partial charge in [-0.25, -0.2) is 0 Å². The van der Waals surface area contributed by atoms with E-state index in [0.717, 1.165) is 48.6 Å². The lowest BCUT2D eigenvalue weighted by molar-refractivity contribution is 0.314. The SMILES string of the molecule is CCC#CCCc1cc(Cl)ccc1OCCC. The van der Waals surface area contributed by atoms with Crippen molar-refractivity contribution in [1.29, 1.82) is 0 Å². The van der Waals surface area contributed by atoms with E-state index in [-0.39, 0.29) is 0 Å². The molecule has 1 aromatic carbocycles. The predicted octanol–water partition coefficient (Wildman–Crippen LogP) is 4.47. The van der Waals surface area contributed by atoms with Gasteiger partial charge >= 0.3 is 0 Å². The zero-order chi connectivity index (χ0) is 12.5. The molecule has 0 atom stereocenters. The molecular formula is C15H19ClO. The molecular weight excluding hydrogens is 232 g/mol. The van der Waals surface area contributed by atoms with Crippen LogP contribution in [0.5, 0.6) is 5.75 Å². The van der Waals surface area contributed by atoms with Crippen LogP contribution >= 0.6 is 11.6 Å². The molecule has 0 aliphatic carbocycles. The van der Waals surface area contributed by atoms with Gasteiger partial charge in [0.15, 0.2) is 0 Å². The first-order valence-corrected chi connectivity index (χ1v) is 6.52. The molecule has 0 aliphatic rings. The monoisotopic (exact) mass is 250 g/mol. The zero-order valence-corrected chi connectivity index (χ0v) is 11.3. The summed E-state index contributed by atoms with van der Waals surface area (Å²) in [6.45, 7) is 4.90. The topological polar surface area (TPSA) is 9.23 Å². The fraction of sp³-hybridized carbons (Fsp3) is 0.467. The Labute approximate surface area is 109 Å². The van der Waals surface area contributed by atoms with Crippen molar-refractivity contribution in [1.82, 2.24) is 0 Å². The largest absolute Gasteiger partial charge is 0.493 e. The Hall–Kier alpha value is -1.13. The molecule has 1 nitrogen and oxygen atoms in total. The molecule has 0 heterocycles. The van der Waals surface area contributed by atoms with Crippen LogP contribution in [-0.2, 0) is 6.42 Å². The van der Waals surface area contributed by atoms with Gasteiger partial charge in [-0.2, -0.15) is 0 Å².